The largest absolute Gasteiger partial charge is 0.317 e. The molecule has 0 saturated carbocycles. The summed E-state index contributed by atoms with van der Waals surface area (Å²) < 4.78 is 26.4. The highest BCUT2D eigenvalue weighted by Crippen LogP contribution is 2.19. The van der Waals surface area contributed by atoms with Crippen molar-refractivity contribution in [1.29, 1.82) is 0 Å². The van der Waals surface area contributed by atoms with E-state index < -0.39 is 11.6 Å². The van der Waals surface area contributed by atoms with Crippen LogP contribution < -0.4 is 5.32 Å². The van der Waals surface area contributed by atoms with Crippen molar-refractivity contribution >= 4 is 5.78 Å². The van der Waals surface area contributed by atoms with Crippen molar-refractivity contribution in [3.8, 4) is 0 Å². The van der Waals surface area contributed by atoms with E-state index in [1.807, 2.05) is 0 Å². The van der Waals surface area contributed by atoms with E-state index in [4.69, 9.17) is 0 Å². The van der Waals surface area contributed by atoms with Gasteiger partial charge in [0.15, 0.2) is 11.6 Å². The molecule has 1 N–H and O–H groups in total. The lowest BCUT2D eigenvalue weighted by molar-refractivity contribution is -0.118. The molecule has 104 valence electrons. The van der Waals surface area contributed by atoms with Crippen molar-refractivity contribution in [2.45, 2.75) is 32.1 Å². The summed E-state index contributed by atoms with van der Waals surface area (Å²) in [4.78, 5) is 11.8. The Morgan fingerprint density at radius 3 is 2.74 bits per heavy atom. The van der Waals surface area contributed by atoms with Gasteiger partial charge in [-0.25, -0.2) is 8.78 Å². The second-order valence-electron chi connectivity index (χ2n) is 5.16. The molecule has 1 aliphatic rings. The van der Waals surface area contributed by atoms with Crippen LogP contribution in [0.4, 0.5) is 8.78 Å². The Hall–Kier alpha value is -1.29. The van der Waals surface area contributed by atoms with Crippen molar-refractivity contribution in [2.75, 3.05) is 13.1 Å². The van der Waals surface area contributed by atoms with E-state index in [1.165, 1.54) is 12.1 Å². The van der Waals surface area contributed by atoms with E-state index in [-0.39, 0.29) is 17.8 Å². The molecule has 0 spiro atoms. The average Bonchev–Trinajstić information content (AvgIpc) is 2.43. The molecule has 2 rings (SSSR count). The summed E-state index contributed by atoms with van der Waals surface area (Å²) in [5.74, 6) is -1.20. The van der Waals surface area contributed by atoms with Crippen LogP contribution in [0.2, 0.25) is 0 Å². The Labute approximate surface area is 112 Å². The Morgan fingerprint density at radius 1 is 1.26 bits per heavy atom. The van der Waals surface area contributed by atoms with E-state index >= 15 is 0 Å². The summed E-state index contributed by atoms with van der Waals surface area (Å²) in [6.07, 6.45) is 3.51. The molecule has 0 aromatic heterocycles. The molecule has 1 aromatic carbocycles. The number of hydrogen-bond acceptors (Lipinski definition) is 2. The van der Waals surface area contributed by atoms with E-state index in [9.17, 15) is 13.6 Å². The van der Waals surface area contributed by atoms with Gasteiger partial charge in [0.1, 0.15) is 5.78 Å². The van der Waals surface area contributed by atoms with Crippen molar-refractivity contribution in [3.05, 3.63) is 35.4 Å². The number of carbonyl (C=O) groups excluding carboxylic acids is 1. The Balaban J connectivity index is 1.82. The number of halogens is 2. The Bertz CT molecular complexity index is 442. The number of nitrogens with one attached hydrogen (secondary N) is 1. The highest BCUT2D eigenvalue weighted by molar-refractivity contribution is 5.80. The summed E-state index contributed by atoms with van der Waals surface area (Å²) in [5, 5.41) is 3.28. The molecule has 0 amide bonds. The summed E-state index contributed by atoms with van der Waals surface area (Å²) >= 11 is 0. The molecule has 19 heavy (non-hydrogen) atoms. The lowest BCUT2D eigenvalue weighted by Crippen LogP contribution is -2.28. The molecule has 2 nitrogen and oxygen atoms in total. The van der Waals surface area contributed by atoms with Crippen LogP contribution in [0.1, 0.15) is 31.2 Å². The average molecular weight is 267 g/mol. The first-order chi connectivity index (χ1) is 9.16. The fraction of sp³-hybridized carbons (Fsp3) is 0.533. The molecule has 1 heterocycles. The number of ketones is 1. The highest BCUT2D eigenvalue weighted by Gasteiger charge is 2.16. The molecule has 0 bridgehead atoms. The molecule has 4 heteroatoms. The van der Waals surface area contributed by atoms with Crippen LogP contribution in [0.3, 0.4) is 0 Å². The van der Waals surface area contributed by atoms with Crippen LogP contribution in [0.5, 0.6) is 0 Å². The van der Waals surface area contributed by atoms with Crippen molar-refractivity contribution < 1.29 is 13.6 Å². The summed E-state index contributed by atoms with van der Waals surface area (Å²) in [5.41, 5.74) is 0.162. The van der Waals surface area contributed by atoms with Gasteiger partial charge in [0, 0.05) is 12.8 Å². The van der Waals surface area contributed by atoms with Gasteiger partial charge in [0.05, 0.1) is 0 Å². The van der Waals surface area contributed by atoms with Crippen LogP contribution in [-0.4, -0.2) is 18.9 Å². The quantitative estimate of drug-likeness (QED) is 0.888. The number of hydrogen-bond donors (Lipinski definition) is 1. The number of Topliss-reactive ketones (excluding diaryl/α,β-unsaturated/α-hetero) is 1. The number of piperidine rings is 1. The van der Waals surface area contributed by atoms with Crippen LogP contribution in [0, 0.1) is 17.6 Å². The fourth-order valence-corrected chi connectivity index (χ4v) is 2.52. The van der Waals surface area contributed by atoms with Crippen molar-refractivity contribution in [2.24, 2.45) is 5.92 Å². The maximum absolute atomic E-state index is 13.4. The fourth-order valence-electron chi connectivity index (χ4n) is 2.52. The third-order valence-electron chi connectivity index (χ3n) is 3.71. The van der Waals surface area contributed by atoms with Crippen LogP contribution >= 0.6 is 0 Å². The monoisotopic (exact) mass is 267 g/mol. The second kappa shape index (κ2) is 6.75. The molecule has 1 fully saturated rings. The molecule has 0 unspecified atom stereocenters. The lowest BCUT2D eigenvalue weighted by Gasteiger charge is -2.22. The van der Waals surface area contributed by atoms with Gasteiger partial charge in [-0.3, -0.25) is 4.79 Å². The third-order valence-corrected chi connectivity index (χ3v) is 3.71. The van der Waals surface area contributed by atoms with Gasteiger partial charge in [-0.1, -0.05) is 12.1 Å². The molecule has 0 aliphatic carbocycles. The van der Waals surface area contributed by atoms with Crippen LogP contribution in [0.15, 0.2) is 18.2 Å². The van der Waals surface area contributed by atoms with E-state index in [2.05, 4.69) is 5.32 Å². The standard InChI is InChI=1S/C15H19F2NO/c16-14-3-1-2-12(15(14)17)10-13(19)5-4-11-6-8-18-9-7-11/h1-3,11,18H,4-10H2. The van der Waals surface area contributed by atoms with Gasteiger partial charge in [-0.15, -0.1) is 0 Å². The zero-order chi connectivity index (χ0) is 13.7. The molecular formula is C15H19F2NO. The first-order valence-corrected chi connectivity index (χ1v) is 6.82. The summed E-state index contributed by atoms with van der Waals surface area (Å²) in [6.45, 7) is 2.02. The van der Waals surface area contributed by atoms with E-state index in [0.717, 1.165) is 38.4 Å². The number of benzene rings is 1. The van der Waals surface area contributed by atoms with Crippen molar-refractivity contribution in [1.82, 2.24) is 5.32 Å². The predicted molar refractivity (Wildman–Crippen MR) is 69.9 cm³/mol. The maximum Gasteiger partial charge on any atom is 0.162 e. The zero-order valence-electron chi connectivity index (χ0n) is 10.9. The maximum atomic E-state index is 13.4. The van der Waals surface area contributed by atoms with Gasteiger partial charge in [-0.05, 0) is 49.9 Å². The number of rotatable bonds is 5. The molecule has 1 aromatic rings. The van der Waals surface area contributed by atoms with Crippen molar-refractivity contribution in [3.63, 3.8) is 0 Å². The lowest BCUT2D eigenvalue weighted by atomic mass is 9.91. The molecular weight excluding hydrogens is 248 g/mol. The first-order valence-electron chi connectivity index (χ1n) is 6.82. The van der Waals surface area contributed by atoms with Gasteiger partial charge in [0.2, 0.25) is 0 Å². The zero-order valence-corrected chi connectivity index (χ0v) is 10.9. The smallest absolute Gasteiger partial charge is 0.162 e. The Kier molecular flexibility index (Phi) is 5.02. The van der Waals surface area contributed by atoms with Gasteiger partial charge >= 0.3 is 0 Å². The van der Waals surface area contributed by atoms with Crippen LogP contribution in [-0.2, 0) is 11.2 Å². The summed E-state index contributed by atoms with van der Waals surface area (Å²) in [6, 6.07) is 3.98. The highest BCUT2D eigenvalue weighted by atomic mass is 19.2. The third kappa shape index (κ3) is 4.10. The van der Waals surface area contributed by atoms with E-state index in [0.29, 0.717) is 12.3 Å². The normalized spacial score (nSPS) is 16.5. The SMILES string of the molecule is O=C(CCC1CCNCC1)Cc1cccc(F)c1F. The topological polar surface area (TPSA) is 29.1 Å². The second-order valence-corrected chi connectivity index (χ2v) is 5.16. The minimum Gasteiger partial charge on any atom is -0.317 e. The van der Waals surface area contributed by atoms with Gasteiger partial charge < -0.3 is 5.32 Å². The minimum atomic E-state index is -0.891. The van der Waals surface area contributed by atoms with Crippen LogP contribution in [0.25, 0.3) is 0 Å². The Morgan fingerprint density at radius 2 is 2.00 bits per heavy atom. The molecule has 0 radical (unpaired) electrons. The number of carbonyl (C=O) groups is 1. The summed E-state index contributed by atoms with van der Waals surface area (Å²) in [7, 11) is 0. The predicted octanol–water partition coefficient (Wildman–Crippen LogP) is 2.86. The van der Waals surface area contributed by atoms with Gasteiger partial charge in [-0.2, -0.15) is 0 Å². The molecule has 1 aliphatic heterocycles. The van der Waals surface area contributed by atoms with Gasteiger partial charge in [0.25, 0.3) is 0 Å². The van der Waals surface area contributed by atoms with E-state index in [1.54, 1.807) is 0 Å². The minimum absolute atomic E-state index is 0.00539. The first kappa shape index (κ1) is 14.1. The molecule has 1 saturated heterocycles. The molecule has 0 atom stereocenters.